The first-order valence-electron chi connectivity index (χ1n) is 9.11. The van der Waals surface area contributed by atoms with E-state index in [1.54, 1.807) is 0 Å². The second-order valence-electron chi connectivity index (χ2n) is 6.73. The fourth-order valence-corrected chi connectivity index (χ4v) is 3.27. The summed E-state index contributed by atoms with van der Waals surface area (Å²) in [5.41, 5.74) is 8.04. The summed E-state index contributed by atoms with van der Waals surface area (Å²) in [5, 5.41) is 6.95. The van der Waals surface area contributed by atoms with E-state index in [9.17, 15) is 4.79 Å². The Hall–Kier alpha value is -2.21. The Labute approximate surface area is 148 Å². The van der Waals surface area contributed by atoms with E-state index in [2.05, 4.69) is 15.5 Å². The molecule has 2 aromatic rings. The minimum Gasteiger partial charge on any atom is -0.356 e. The number of carbonyl (C=O) groups is 1. The normalized spacial score (nSPS) is 20.4. The third-order valence-corrected chi connectivity index (χ3v) is 4.78. The zero-order valence-electron chi connectivity index (χ0n) is 14.7. The quantitative estimate of drug-likeness (QED) is 0.841. The molecule has 3 N–H and O–H groups in total. The van der Waals surface area contributed by atoms with Crippen LogP contribution in [0.1, 0.15) is 44.0 Å². The SMILES string of the molecule is CCc1noc(-c2ccc(CCNC(=O)C3CCCC(N)C3)cc2)n1. The van der Waals surface area contributed by atoms with Gasteiger partial charge in [-0.2, -0.15) is 4.98 Å². The average Bonchev–Trinajstić information content (AvgIpc) is 3.11. The largest absolute Gasteiger partial charge is 0.356 e. The third kappa shape index (κ3) is 4.66. The van der Waals surface area contributed by atoms with Crippen LogP contribution >= 0.6 is 0 Å². The Kier molecular flexibility index (Phi) is 5.81. The van der Waals surface area contributed by atoms with Crippen molar-refractivity contribution in [1.82, 2.24) is 15.5 Å². The molecule has 1 heterocycles. The number of amides is 1. The number of aromatic nitrogens is 2. The average molecular weight is 342 g/mol. The van der Waals surface area contributed by atoms with Crippen molar-refractivity contribution in [2.45, 2.75) is 51.5 Å². The third-order valence-electron chi connectivity index (χ3n) is 4.78. The van der Waals surface area contributed by atoms with Crippen LogP contribution in [0.15, 0.2) is 28.8 Å². The molecule has 3 rings (SSSR count). The van der Waals surface area contributed by atoms with Gasteiger partial charge >= 0.3 is 0 Å². The fourth-order valence-electron chi connectivity index (χ4n) is 3.27. The number of rotatable bonds is 6. The van der Waals surface area contributed by atoms with Crippen molar-refractivity contribution < 1.29 is 9.32 Å². The molecular weight excluding hydrogens is 316 g/mol. The van der Waals surface area contributed by atoms with Crippen LogP contribution in [0.25, 0.3) is 11.5 Å². The summed E-state index contributed by atoms with van der Waals surface area (Å²) < 4.78 is 5.24. The molecule has 1 aliphatic carbocycles. The maximum Gasteiger partial charge on any atom is 0.257 e. The van der Waals surface area contributed by atoms with Gasteiger partial charge in [-0.05, 0) is 43.4 Å². The summed E-state index contributed by atoms with van der Waals surface area (Å²) in [7, 11) is 0. The highest BCUT2D eigenvalue weighted by atomic mass is 16.5. The molecule has 0 spiro atoms. The number of aryl methyl sites for hydroxylation is 1. The molecule has 0 bridgehead atoms. The number of nitrogens with two attached hydrogens (primary N) is 1. The summed E-state index contributed by atoms with van der Waals surface area (Å²) in [6.45, 7) is 2.64. The van der Waals surface area contributed by atoms with Gasteiger partial charge in [0, 0.05) is 30.5 Å². The van der Waals surface area contributed by atoms with Crippen LogP contribution in [0, 0.1) is 5.92 Å². The van der Waals surface area contributed by atoms with Crippen molar-refractivity contribution in [2.24, 2.45) is 11.7 Å². The van der Waals surface area contributed by atoms with Gasteiger partial charge in [0.25, 0.3) is 5.89 Å². The van der Waals surface area contributed by atoms with Crippen LogP contribution in [0.2, 0.25) is 0 Å². The van der Waals surface area contributed by atoms with E-state index in [0.29, 0.717) is 18.3 Å². The van der Waals surface area contributed by atoms with E-state index in [4.69, 9.17) is 10.3 Å². The molecule has 1 saturated carbocycles. The molecule has 25 heavy (non-hydrogen) atoms. The number of nitrogens with one attached hydrogen (secondary N) is 1. The van der Waals surface area contributed by atoms with Crippen LogP contribution in [-0.4, -0.2) is 28.6 Å². The highest BCUT2D eigenvalue weighted by molar-refractivity contribution is 5.78. The highest BCUT2D eigenvalue weighted by Gasteiger charge is 2.24. The van der Waals surface area contributed by atoms with Crippen LogP contribution in [0.4, 0.5) is 0 Å². The van der Waals surface area contributed by atoms with Crippen LogP contribution in [0.5, 0.6) is 0 Å². The van der Waals surface area contributed by atoms with E-state index in [1.807, 2.05) is 31.2 Å². The lowest BCUT2D eigenvalue weighted by Crippen LogP contribution is -2.38. The maximum atomic E-state index is 12.2. The van der Waals surface area contributed by atoms with Gasteiger partial charge in [-0.3, -0.25) is 4.79 Å². The standard InChI is InChI=1S/C19H26N4O2/c1-2-17-22-19(25-23-17)14-8-6-13(7-9-14)10-11-21-18(24)15-4-3-5-16(20)12-15/h6-9,15-16H,2-5,10-12,20H2,1H3,(H,21,24). The van der Waals surface area contributed by atoms with Crippen molar-refractivity contribution in [3.63, 3.8) is 0 Å². The minimum absolute atomic E-state index is 0.0800. The van der Waals surface area contributed by atoms with Gasteiger partial charge in [0.1, 0.15) is 0 Å². The predicted octanol–water partition coefficient (Wildman–Crippen LogP) is 2.48. The molecule has 1 fully saturated rings. The smallest absolute Gasteiger partial charge is 0.257 e. The summed E-state index contributed by atoms with van der Waals surface area (Å²) in [5.74, 6) is 1.48. The van der Waals surface area contributed by atoms with Gasteiger partial charge in [0.2, 0.25) is 5.91 Å². The summed E-state index contributed by atoms with van der Waals surface area (Å²) in [6, 6.07) is 8.20. The highest BCUT2D eigenvalue weighted by Crippen LogP contribution is 2.23. The Morgan fingerprint density at radius 3 is 2.80 bits per heavy atom. The van der Waals surface area contributed by atoms with Crippen molar-refractivity contribution >= 4 is 5.91 Å². The van der Waals surface area contributed by atoms with Crippen molar-refractivity contribution in [3.8, 4) is 11.5 Å². The monoisotopic (exact) mass is 342 g/mol. The number of nitrogens with zero attached hydrogens (tertiary/aromatic N) is 2. The molecule has 6 nitrogen and oxygen atoms in total. The van der Waals surface area contributed by atoms with Gasteiger partial charge in [-0.15, -0.1) is 0 Å². The zero-order chi connectivity index (χ0) is 17.6. The first-order chi connectivity index (χ1) is 12.2. The molecule has 2 unspecified atom stereocenters. The van der Waals surface area contributed by atoms with Crippen LogP contribution in [0.3, 0.4) is 0 Å². The van der Waals surface area contributed by atoms with Gasteiger partial charge in [0.05, 0.1) is 0 Å². The molecule has 1 amide bonds. The molecular formula is C19H26N4O2. The molecule has 0 saturated heterocycles. The van der Waals surface area contributed by atoms with E-state index in [-0.39, 0.29) is 17.9 Å². The van der Waals surface area contributed by atoms with Crippen molar-refractivity contribution in [1.29, 1.82) is 0 Å². The van der Waals surface area contributed by atoms with E-state index < -0.39 is 0 Å². The minimum atomic E-state index is 0.0800. The lowest BCUT2D eigenvalue weighted by Gasteiger charge is -2.25. The Balaban J connectivity index is 1.48. The lowest BCUT2D eigenvalue weighted by molar-refractivity contribution is -0.126. The Bertz CT molecular complexity index is 696. The number of carbonyl (C=O) groups excluding carboxylic acids is 1. The van der Waals surface area contributed by atoms with Gasteiger partial charge in [-0.25, -0.2) is 0 Å². The molecule has 134 valence electrons. The van der Waals surface area contributed by atoms with Crippen LogP contribution in [-0.2, 0) is 17.6 Å². The molecule has 6 heteroatoms. The Morgan fingerprint density at radius 1 is 1.32 bits per heavy atom. The topological polar surface area (TPSA) is 94.0 Å². The Morgan fingerprint density at radius 2 is 2.12 bits per heavy atom. The molecule has 0 radical (unpaired) electrons. The molecule has 1 aromatic carbocycles. The number of hydrogen-bond donors (Lipinski definition) is 2. The zero-order valence-corrected chi connectivity index (χ0v) is 14.7. The number of hydrogen-bond acceptors (Lipinski definition) is 5. The van der Waals surface area contributed by atoms with E-state index >= 15 is 0 Å². The first-order valence-corrected chi connectivity index (χ1v) is 9.11. The molecule has 1 aromatic heterocycles. The lowest BCUT2D eigenvalue weighted by atomic mass is 9.85. The summed E-state index contributed by atoms with van der Waals surface area (Å²) in [6.07, 6.45) is 5.41. The van der Waals surface area contributed by atoms with Gasteiger partial charge in [0.15, 0.2) is 5.82 Å². The second-order valence-corrected chi connectivity index (χ2v) is 6.73. The fraction of sp³-hybridized carbons (Fsp3) is 0.526. The van der Waals surface area contributed by atoms with Crippen molar-refractivity contribution in [2.75, 3.05) is 6.54 Å². The van der Waals surface area contributed by atoms with E-state index in [0.717, 1.165) is 44.1 Å². The molecule has 0 aliphatic heterocycles. The van der Waals surface area contributed by atoms with Crippen molar-refractivity contribution in [3.05, 3.63) is 35.7 Å². The summed E-state index contributed by atoms with van der Waals surface area (Å²) >= 11 is 0. The van der Waals surface area contributed by atoms with Crippen LogP contribution < -0.4 is 11.1 Å². The molecule has 1 aliphatic rings. The second kappa shape index (κ2) is 8.25. The summed E-state index contributed by atoms with van der Waals surface area (Å²) in [4.78, 5) is 16.5. The predicted molar refractivity (Wildman–Crippen MR) is 95.8 cm³/mol. The van der Waals surface area contributed by atoms with Gasteiger partial charge < -0.3 is 15.6 Å². The molecule has 2 atom stereocenters. The van der Waals surface area contributed by atoms with Gasteiger partial charge in [-0.1, -0.05) is 30.6 Å². The van der Waals surface area contributed by atoms with E-state index in [1.165, 1.54) is 5.56 Å². The first kappa shape index (κ1) is 17.6. The maximum absolute atomic E-state index is 12.2. The number of benzene rings is 1.